The number of aromatic nitrogens is 1. The highest BCUT2D eigenvalue weighted by Gasteiger charge is 2.25. The molecule has 1 fully saturated rings. The molecule has 6 heteroatoms. The van der Waals surface area contributed by atoms with Crippen LogP contribution in [0, 0.1) is 24.2 Å². The number of halogens is 1. The van der Waals surface area contributed by atoms with Crippen molar-refractivity contribution in [1.29, 1.82) is 5.26 Å². The van der Waals surface area contributed by atoms with Crippen LogP contribution in [0.1, 0.15) is 24.0 Å². The lowest BCUT2D eigenvalue weighted by Crippen LogP contribution is -2.38. The van der Waals surface area contributed by atoms with Gasteiger partial charge in [0.2, 0.25) is 5.91 Å². The van der Waals surface area contributed by atoms with Gasteiger partial charge in [0.15, 0.2) is 0 Å². The van der Waals surface area contributed by atoms with E-state index in [0.717, 1.165) is 47.5 Å². The molecule has 1 N–H and O–H groups in total. The Labute approximate surface area is 155 Å². The van der Waals surface area contributed by atoms with Crippen molar-refractivity contribution in [2.45, 2.75) is 19.8 Å². The Morgan fingerprint density at radius 3 is 2.68 bits per heavy atom. The zero-order valence-electron chi connectivity index (χ0n) is 14.0. The maximum Gasteiger partial charge on any atom is 0.227 e. The summed E-state index contributed by atoms with van der Waals surface area (Å²) in [7, 11) is 0. The molecule has 1 aliphatic rings. The summed E-state index contributed by atoms with van der Waals surface area (Å²) in [6.07, 6.45) is 3.18. The maximum atomic E-state index is 12.5. The summed E-state index contributed by atoms with van der Waals surface area (Å²) in [5.41, 5.74) is 2.47. The van der Waals surface area contributed by atoms with Gasteiger partial charge in [-0.25, -0.2) is 4.98 Å². The van der Waals surface area contributed by atoms with E-state index in [2.05, 4.69) is 37.2 Å². The highest BCUT2D eigenvalue weighted by atomic mass is 79.9. The second-order valence-corrected chi connectivity index (χ2v) is 7.14. The van der Waals surface area contributed by atoms with Gasteiger partial charge >= 0.3 is 0 Å². The third-order valence-corrected chi connectivity index (χ3v) is 5.01. The third kappa shape index (κ3) is 4.18. The Morgan fingerprint density at radius 1 is 1.32 bits per heavy atom. The van der Waals surface area contributed by atoms with Gasteiger partial charge < -0.3 is 10.2 Å². The molecule has 0 unspecified atom stereocenters. The van der Waals surface area contributed by atoms with Crippen molar-refractivity contribution in [2.24, 2.45) is 5.92 Å². The molecule has 1 aliphatic heterocycles. The number of carbonyl (C=O) groups is 1. The van der Waals surface area contributed by atoms with Crippen LogP contribution in [0.2, 0.25) is 0 Å². The number of anilines is 2. The summed E-state index contributed by atoms with van der Waals surface area (Å²) in [5.74, 6) is 0.956. The van der Waals surface area contributed by atoms with E-state index in [1.807, 2.05) is 31.2 Å². The Kier molecular flexibility index (Phi) is 5.34. The van der Waals surface area contributed by atoms with E-state index in [4.69, 9.17) is 5.26 Å². The summed E-state index contributed by atoms with van der Waals surface area (Å²) in [5, 5.41) is 11.9. The van der Waals surface area contributed by atoms with Crippen molar-refractivity contribution >= 4 is 33.3 Å². The van der Waals surface area contributed by atoms with Crippen LogP contribution in [0.15, 0.2) is 41.0 Å². The molecule has 0 spiro atoms. The topological polar surface area (TPSA) is 69.0 Å². The fourth-order valence-electron chi connectivity index (χ4n) is 3.01. The Hall–Kier alpha value is -2.39. The molecule has 25 heavy (non-hydrogen) atoms. The number of pyridine rings is 1. The molecule has 0 bridgehead atoms. The molecule has 3 rings (SSSR count). The first-order chi connectivity index (χ1) is 12.1. The van der Waals surface area contributed by atoms with Crippen molar-refractivity contribution in [3.8, 4) is 6.07 Å². The van der Waals surface area contributed by atoms with Crippen LogP contribution in [-0.4, -0.2) is 24.0 Å². The molecule has 1 amide bonds. The lowest BCUT2D eigenvalue weighted by Gasteiger charge is -2.32. The van der Waals surface area contributed by atoms with Gasteiger partial charge in [-0.05, 0) is 55.7 Å². The molecule has 0 atom stereocenters. The quantitative estimate of drug-likeness (QED) is 0.851. The summed E-state index contributed by atoms with van der Waals surface area (Å²) in [6, 6.07) is 11.6. The van der Waals surface area contributed by atoms with E-state index in [1.165, 1.54) is 0 Å². The molecular formula is C19H19BrN4O. The summed E-state index contributed by atoms with van der Waals surface area (Å²) < 4.78 is 1.01. The molecule has 0 radical (unpaired) electrons. The van der Waals surface area contributed by atoms with E-state index >= 15 is 0 Å². The summed E-state index contributed by atoms with van der Waals surface area (Å²) >= 11 is 3.43. The van der Waals surface area contributed by atoms with Crippen LogP contribution in [0.5, 0.6) is 0 Å². The average Bonchev–Trinajstić information content (AvgIpc) is 2.64. The zero-order chi connectivity index (χ0) is 17.8. The predicted octanol–water partition coefficient (Wildman–Crippen LogP) is 3.88. The fourth-order valence-corrected chi connectivity index (χ4v) is 3.49. The number of piperidine rings is 1. The number of nitriles is 1. The normalized spacial score (nSPS) is 14.8. The molecule has 1 saturated heterocycles. The summed E-state index contributed by atoms with van der Waals surface area (Å²) in [4.78, 5) is 19.0. The second-order valence-electron chi connectivity index (χ2n) is 6.23. The van der Waals surface area contributed by atoms with Crippen LogP contribution in [0.4, 0.5) is 11.5 Å². The molecule has 2 heterocycles. The van der Waals surface area contributed by atoms with Gasteiger partial charge in [-0.1, -0.05) is 15.9 Å². The van der Waals surface area contributed by atoms with Crippen molar-refractivity contribution in [1.82, 2.24) is 4.98 Å². The van der Waals surface area contributed by atoms with Gasteiger partial charge in [-0.2, -0.15) is 5.26 Å². The number of amides is 1. The predicted molar refractivity (Wildman–Crippen MR) is 101 cm³/mol. The molecule has 5 nitrogen and oxygen atoms in total. The molecular weight excluding hydrogens is 380 g/mol. The van der Waals surface area contributed by atoms with E-state index < -0.39 is 0 Å². The van der Waals surface area contributed by atoms with Gasteiger partial charge in [-0.15, -0.1) is 0 Å². The van der Waals surface area contributed by atoms with Gasteiger partial charge in [0.1, 0.15) is 11.9 Å². The number of rotatable bonds is 3. The Bertz CT molecular complexity index is 805. The van der Waals surface area contributed by atoms with Gasteiger partial charge in [-0.3, -0.25) is 4.79 Å². The number of nitrogens with one attached hydrogen (secondary N) is 1. The van der Waals surface area contributed by atoms with Crippen LogP contribution < -0.4 is 10.2 Å². The Balaban J connectivity index is 1.57. The monoisotopic (exact) mass is 398 g/mol. The minimum Gasteiger partial charge on any atom is -0.357 e. The molecule has 1 aromatic carbocycles. The molecule has 2 aromatic rings. The number of hydrogen-bond acceptors (Lipinski definition) is 4. The number of hydrogen-bond donors (Lipinski definition) is 1. The first-order valence-electron chi connectivity index (χ1n) is 8.25. The molecule has 1 aromatic heterocycles. The van der Waals surface area contributed by atoms with Crippen LogP contribution >= 0.6 is 15.9 Å². The maximum absolute atomic E-state index is 12.5. The number of carbonyl (C=O) groups excluding carboxylic acids is 1. The zero-order valence-corrected chi connectivity index (χ0v) is 15.6. The van der Waals surface area contributed by atoms with E-state index in [9.17, 15) is 4.79 Å². The van der Waals surface area contributed by atoms with E-state index in [-0.39, 0.29) is 11.8 Å². The third-order valence-electron chi connectivity index (χ3n) is 4.51. The van der Waals surface area contributed by atoms with Crippen molar-refractivity contribution < 1.29 is 4.79 Å². The van der Waals surface area contributed by atoms with E-state index in [0.29, 0.717) is 5.56 Å². The van der Waals surface area contributed by atoms with Crippen LogP contribution in [0.25, 0.3) is 0 Å². The van der Waals surface area contributed by atoms with Crippen molar-refractivity contribution in [3.05, 3.63) is 52.1 Å². The van der Waals surface area contributed by atoms with Gasteiger partial charge in [0.05, 0.1) is 5.56 Å². The van der Waals surface area contributed by atoms with E-state index in [1.54, 1.807) is 12.3 Å². The van der Waals surface area contributed by atoms with Gasteiger partial charge in [0, 0.05) is 35.4 Å². The second kappa shape index (κ2) is 7.66. The first-order valence-corrected chi connectivity index (χ1v) is 9.04. The Morgan fingerprint density at radius 2 is 2.08 bits per heavy atom. The van der Waals surface area contributed by atoms with Crippen LogP contribution in [-0.2, 0) is 4.79 Å². The number of benzene rings is 1. The van der Waals surface area contributed by atoms with Crippen molar-refractivity contribution in [3.63, 3.8) is 0 Å². The number of aryl methyl sites for hydroxylation is 1. The largest absolute Gasteiger partial charge is 0.357 e. The van der Waals surface area contributed by atoms with Gasteiger partial charge in [0.25, 0.3) is 0 Å². The molecule has 128 valence electrons. The smallest absolute Gasteiger partial charge is 0.227 e. The first kappa shape index (κ1) is 17.4. The minimum atomic E-state index is 0.0117. The van der Waals surface area contributed by atoms with Crippen LogP contribution in [0.3, 0.4) is 0 Å². The summed E-state index contributed by atoms with van der Waals surface area (Å²) in [6.45, 7) is 3.56. The molecule has 0 aliphatic carbocycles. The SMILES string of the molecule is Cc1cc(Br)ccc1NC(=O)C1CCN(c2ccc(C#N)cn2)CC1. The minimum absolute atomic E-state index is 0.0117. The lowest BCUT2D eigenvalue weighted by molar-refractivity contribution is -0.120. The standard InChI is InChI=1S/C19H19BrN4O/c1-13-10-16(20)3-4-17(13)23-19(25)15-6-8-24(9-7-15)18-5-2-14(11-21)12-22-18/h2-5,10,12,15H,6-9H2,1H3,(H,23,25). The highest BCUT2D eigenvalue weighted by Crippen LogP contribution is 2.25. The lowest BCUT2D eigenvalue weighted by atomic mass is 9.95. The van der Waals surface area contributed by atoms with Crippen molar-refractivity contribution in [2.75, 3.05) is 23.3 Å². The highest BCUT2D eigenvalue weighted by molar-refractivity contribution is 9.10. The number of nitrogens with zero attached hydrogens (tertiary/aromatic N) is 3. The average molecular weight is 399 g/mol. The molecule has 0 saturated carbocycles. The fraction of sp³-hybridized carbons (Fsp3) is 0.316.